The molecule has 1 N–H and O–H groups in total. The number of anilines is 3. The first-order valence-corrected chi connectivity index (χ1v) is 6.84. The number of halogens is 1. The monoisotopic (exact) mass is 327 g/mol. The van der Waals surface area contributed by atoms with Crippen LogP contribution in [0, 0.1) is 11.3 Å². The summed E-state index contributed by atoms with van der Waals surface area (Å²) in [7, 11) is 0. The number of benzene rings is 2. The predicted molar refractivity (Wildman–Crippen MR) is 80.9 cm³/mol. The summed E-state index contributed by atoms with van der Waals surface area (Å²) in [4.78, 5) is 13.7. The summed E-state index contributed by atoms with van der Waals surface area (Å²) >= 11 is 3.40. The van der Waals surface area contributed by atoms with Crippen LogP contribution in [0.3, 0.4) is 0 Å². The molecule has 0 fully saturated rings. The average molecular weight is 328 g/mol. The molecular weight excluding hydrogens is 318 g/mol. The maximum Gasteiger partial charge on any atom is 0.244 e. The van der Waals surface area contributed by atoms with E-state index in [0.717, 1.165) is 21.5 Å². The van der Waals surface area contributed by atoms with E-state index in [9.17, 15) is 4.79 Å². The van der Waals surface area contributed by atoms with Crippen LogP contribution in [0.5, 0.6) is 0 Å². The number of nitriles is 1. The molecule has 5 heteroatoms. The second-order valence-corrected chi connectivity index (χ2v) is 5.37. The molecule has 2 aromatic rings. The van der Waals surface area contributed by atoms with Crippen LogP contribution in [0.25, 0.3) is 0 Å². The highest BCUT2D eigenvalue weighted by molar-refractivity contribution is 9.10. The van der Waals surface area contributed by atoms with Gasteiger partial charge in [0.25, 0.3) is 0 Å². The van der Waals surface area contributed by atoms with Crippen molar-refractivity contribution < 1.29 is 4.79 Å². The second kappa shape index (κ2) is 4.99. The summed E-state index contributed by atoms with van der Waals surface area (Å²) < 4.78 is 0.907. The summed E-state index contributed by atoms with van der Waals surface area (Å²) in [6.45, 7) is 0.240. The molecule has 4 nitrogen and oxygen atoms in total. The fraction of sp³-hybridized carbons (Fsp3) is 0.0667. The summed E-state index contributed by atoms with van der Waals surface area (Å²) in [6.07, 6.45) is 0. The summed E-state index contributed by atoms with van der Waals surface area (Å²) in [5.41, 5.74) is 3.09. The van der Waals surface area contributed by atoms with Crippen LogP contribution in [0.2, 0.25) is 0 Å². The molecular formula is C15H10BrN3O. The summed E-state index contributed by atoms with van der Waals surface area (Å²) in [5.74, 6) is -0.0713. The number of carbonyl (C=O) groups excluding carboxylic acids is 1. The highest BCUT2D eigenvalue weighted by Gasteiger charge is 2.23. The molecule has 0 bridgehead atoms. The van der Waals surface area contributed by atoms with E-state index < -0.39 is 0 Å². The van der Waals surface area contributed by atoms with E-state index in [4.69, 9.17) is 5.26 Å². The lowest BCUT2D eigenvalue weighted by molar-refractivity contribution is -0.115. The number of nitrogens with one attached hydrogen (secondary N) is 1. The summed E-state index contributed by atoms with van der Waals surface area (Å²) in [6, 6.07) is 15.1. The molecule has 0 aromatic heterocycles. The number of amides is 1. The topological polar surface area (TPSA) is 56.1 Å². The SMILES string of the molecule is N#Cc1cccc(N2CC(=O)Nc3cc(Br)ccc32)c1. The van der Waals surface area contributed by atoms with E-state index >= 15 is 0 Å². The largest absolute Gasteiger partial charge is 0.330 e. The van der Waals surface area contributed by atoms with Gasteiger partial charge >= 0.3 is 0 Å². The molecule has 0 radical (unpaired) electrons. The van der Waals surface area contributed by atoms with Crippen LogP contribution >= 0.6 is 15.9 Å². The van der Waals surface area contributed by atoms with Crippen LogP contribution < -0.4 is 10.2 Å². The third-order valence-electron chi connectivity index (χ3n) is 3.11. The number of rotatable bonds is 1. The third kappa shape index (κ3) is 2.26. The fourth-order valence-electron chi connectivity index (χ4n) is 2.24. The Balaban J connectivity index is 2.11. The van der Waals surface area contributed by atoms with Gasteiger partial charge in [0.2, 0.25) is 5.91 Å². The lowest BCUT2D eigenvalue weighted by atomic mass is 10.1. The van der Waals surface area contributed by atoms with Crippen molar-refractivity contribution in [3.63, 3.8) is 0 Å². The minimum atomic E-state index is -0.0713. The lowest BCUT2D eigenvalue weighted by Gasteiger charge is -2.31. The van der Waals surface area contributed by atoms with Crippen LogP contribution in [0.15, 0.2) is 46.9 Å². The molecule has 0 unspecified atom stereocenters. The molecule has 0 aliphatic carbocycles. The Morgan fingerprint density at radius 3 is 2.90 bits per heavy atom. The van der Waals surface area contributed by atoms with Crippen molar-refractivity contribution in [1.29, 1.82) is 5.26 Å². The Bertz CT molecular complexity index is 736. The maximum absolute atomic E-state index is 11.8. The van der Waals surface area contributed by atoms with Crippen LogP contribution in [-0.4, -0.2) is 12.5 Å². The lowest BCUT2D eigenvalue weighted by Crippen LogP contribution is -2.35. The number of nitrogens with zero attached hydrogens (tertiary/aromatic N) is 2. The van der Waals surface area contributed by atoms with E-state index in [1.54, 1.807) is 12.1 Å². The van der Waals surface area contributed by atoms with E-state index in [1.807, 2.05) is 35.2 Å². The van der Waals surface area contributed by atoms with Gasteiger partial charge in [0.15, 0.2) is 0 Å². The van der Waals surface area contributed by atoms with Gasteiger partial charge in [0.05, 0.1) is 23.0 Å². The number of hydrogen-bond donors (Lipinski definition) is 1. The Labute approximate surface area is 124 Å². The molecule has 0 spiro atoms. The smallest absolute Gasteiger partial charge is 0.244 e. The Morgan fingerprint density at radius 1 is 1.25 bits per heavy atom. The molecule has 98 valence electrons. The Kier molecular flexibility index (Phi) is 3.17. The number of carbonyl (C=O) groups is 1. The fourth-order valence-corrected chi connectivity index (χ4v) is 2.60. The van der Waals surface area contributed by atoms with Crippen molar-refractivity contribution >= 4 is 38.9 Å². The van der Waals surface area contributed by atoms with Crippen LogP contribution in [0.1, 0.15) is 5.56 Å². The third-order valence-corrected chi connectivity index (χ3v) is 3.61. The zero-order chi connectivity index (χ0) is 14.1. The van der Waals surface area contributed by atoms with Crippen molar-refractivity contribution in [2.45, 2.75) is 0 Å². The van der Waals surface area contributed by atoms with E-state index in [-0.39, 0.29) is 12.5 Å². The van der Waals surface area contributed by atoms with Crippen molar-refractivity contribution in [1.82, 2.24) is 0 Å². The number of hydrogen-bond acceptors (Lipinski definition) is 3. The van der Waals surface area contributed by atoms with Crippen molar-refractivity contribution in [3.8, 4) is 6.07 Å². The average Bonchev–Trinajstić information content (AvgIpc) is 2.46. The molecule has 2 aromatic carbocycles. The normalized spacial score (nSPS) is 13.4. The first kappa shape index (κ1) is 12.7. The molecule has 20 heavy (non-hydrogen) atoms. The Morgan fingerprint density at radius 2 is 2.10 bits per heavy atom. The minimum absolute atomic E-state index is 0.0713. The number of fused-ring (bicyclic) bond motifs is 1. The molecule has 1 heterocycles. The van der Waals surface area contributed by atoms with Gasteiger partial charge in [-0.2, -0.15) is 5.26 Å². The molecule has 0 atom stereocenters. The van der Waals surface area contributed by atoms with E-state index in [2.05, 4.69) is 27.3 Å². The van der Waals surface area contributed by atoms with Crippen LogP contribution in [0.4, 0.5) is 17.1 Å². The molecule has 1 amide bonds. The molecule has 0 saturated carbocycles. The summed E-state index contributed by atoms with van der Waals surface area (Å²) in [5, 5.41) is 11.8. The van der Waals surface area contributed by atoms with Crippen molar-refractivity contribution in [2.75, 3.05) is 16.8 Å². The predicted octanol–water partition coefficient (Wildman–Crippen LogP) is 3.41. The first-order valence-electron chi connectivity index (χ1n) is 6.04. The maximum atomic E-state index is 11.8. The highest BCUT2D eigenvalue weighted by Crippen LogP contribution is 2.36. The zero-order valence-electron chi connectivity index (χ0n) is 10.4. The highest BCUT2D eigenvalue weighted by atomic mass is 79.9. The van der Waals surface area contributed by atoms with Gasteiger partial charge in [0, 0.05) is 10.2 Å². The van der Waals surface area contributed by atoms with Crippen molar-refractivity contribution in [3.05, 3.63) is 52.5 Å². The van der Waals surface area contributed by atoms with Gasteiger partial charge in [-0.05, 0) is 36.4 Å². The Hall–Kier alpha value is -2.32. The quantitative estimate of drug-likeness (QED) is 0.873. The van der Waals surface area contributed by atoms with Gasteiger partial charge in [0.1, 0.15) is 6.54 Å². The van der Waals surface area contributed by atoms with E-state index in [1.165, 1.54) is 0 Å². The van der Waals surface area contributed by atoms with Gasteiger partial charge in [-0.25, -0.2) is 0 Å². The van der Waals surface area contributed by atoms with Gasteiger partial charge < -0.3 is 10.2 Å². The first-order chi connectivity index (χ1) is 9.67. The minimum Gasteiger partial charge on any atom is -0.330 e. The van der Waals surface area contributed by atoms with Gasteiger partial charge in [-0.15, -0.1) is 0 Å². The van der Waals surface area contributed by atoms with Crippen molar-refractivity contribution in [2.24, 2.45) is 0 Å². The molecule has 1 aliphatic rings. The zero-order valence-corrected chi connectivity index (χ0v) is 12.0. The molecule has 3 rings (SSSR count). The van der Waals surface area contributed by atoms with Gasteiger partial charge in [-0.3, -0.25) is 4.79 Å². The standard InChI is InChI=1S/C15H10BrN3O/c16-11-4-5-14-13(7-11)18-15(20)9-19(14)12-3-1-2-10(6-12)8-17/h1-7H,9H2,(H,18,20). The van der Waals surface area contributed by atoms with Crippen LogP contribution in [-0.2, 0) is 4.79 Å². The van der Waals surface area contributed by atoms with E-state index in [0.29, 0.717) is 5.56 Å². The molecule has 1 aliphatic heterocycles. The molecule has 0 saturated heterocycles. The second-order valence-electron chi connectivity index (χ2n) is 4.46. The van der Waals surface area contributed by atoms with Gasteiger partial charge in [-0.1, -0.05) is 22.0 Å².